The molecule has 1 saturated heterocycles. The van der Waals surface area contributed by atoms with Crippen molar-refractivity contribution < 1.29 is 8.42 Å². The van der Waals surface area contributed by atoms with E-state index in [2.05, 4.69) is 10.0 Å². The van der Waals surface area contributed by atoms with E-state index < -0.39 is 10.0 Å². The van der Waals surface area contributed by atoms with Crippen LogP contribution in [0.2, 0.25) is 0 Å². The van der Waals surface area contributed by atoms with Crippen molar-refractivity contribution >= 4 is 10.0 Å². The number of nitrogens with one attached hydrogen (secondary N) is 2. The number of hydrogen-bond donors (Lipinski definition) is 2. The van der Waals surface area contributed by atoms with Crippen molar-refractivity contribution in [2.24, 2.45) is 5.92 Å². The standard InChI is InChI=1S/C7H16N2O2S/c1-6(2)5-12(10,11)9-7-3-8-4-7/h6-9H,3-5H2,1-2H3. The van der Waals surface area contributed by atoms with Gasteiger partial charge in [0.15, 0.2) is 0 Å². The highest BCUT2D eigenvalue weighted by Gasteiger charge is 2.23. The van der Waals surface area contributed by atoms with Crippen LogP contribution in [0.3, 0.4) is 0 Å². The second-order valence-electron chi connectivity index (χ2n) is 3.65. The van der Waals surface area contributed by atoms with Crippen molar-refractivity contribution in [3.05, 3.63) is 0 Å². The highest BCUT2D eigenvalue weighted by molar-refractivity contribution is 7.89. The molecule has 72 valence electrons. The summed E-state index contributed by atoms with van der Waals surface area (Å²) >= 11 is 0. The fourth-order valence-corrected chi connectivity index (χ4v) is 2.76. The first-order valence-corrected chi connectivity index (χ1v) is 5.85. The first kappa shape index (κ1) is 9.95. The summed E-state index contributed by atoms with van der Waals surface area (Å²) in [5.74, 6) is 0.416. The summed E-state index contributed by atoms with van der Waals surface area (Å²) < 4.78 is 25.2. The Morgan fingerprint density at radius 3 is 2.42 bits per heavy atom. The largest absolute Gasteiger partial charge is 0.313 e. The van der Waals surface area contributed by atoms with Crippen molar-refractivity contribution in [3.8, 4) is 0 Å². The fraction of sp³-hybridized carbons (Fsp3) is 1.00. The van der Waals surface area contributed by atoms with E-state index >= 15 is 0 Å². The predicted molar refractivity (Wildman–Crippen MR) is 48.4 cm³/mol. The Kier molecular flexibility index (Phi) is 3.09. The van der Waals surface area contributed by atoms with E-state index in [1.165, 1.54) is 0 Å². The molecule has 1 heterocycles. The second-order valence-corrected chi connectivity index (χ2v) is 5.45. The number of sulfonamides is 1. The third-order valence-corrected chi connectivity index (χ3v) is 3.48. The van der Waals surface area contributed by atoms with Crippen LogP contribution < -0.4 is 10.0 Å². The quantitative estimate of drug-likeness (QED) is 0.633. The summed E-state index contributed by atoms with van der Waals surface area (Å²) in [4.78, 5) is 0. The lowest BCUT2D eigenvalue weighted by Gasteiger charge is -2.27. The van der Waals surface area contributed by atoms with Gasteiger partial charge in [0.25, 0.3) is 0 Å². The Morgan fingerprint density at radius 2 is 2.08 bits per heavy atom. The second kappa shape index (κ2) is 3.72. The third-order valence-electron chi connectivity index (χ3n) is 1.68. The minimum Gasteiger partial charge on any atom is -0.313 e. The summed E-state index contributed by atoms with van der Waals surface area (Å²) in [7, 11) is -3.03. The van der Waals surface area contributed by atoms with Crippen molar-refractivity contribution in [3.63, 3.8) is 0 Å². The van der Waals surface area contributed by atoms with Gasteiger partial charge < -0.3 is 5.32 Å². The molecule has 1 aliphatic heterocycles. The van der Waals surface area contributed by atoms with Crippen LogP contribution in [0.5, 0.6) is 0 Å². The van der Waals surface area contributed by atoms with Gasteiger partial charge >= 0.3 is 0 Å². The molecule has 4 nitrogen and oxygen atoms in total. The van der Waals surface area contributed by atoms with Crippen LogP contribution in [0.15, 0.2) is 0 Å². The molecule has 1 fully saturated rings. The molecule has 0 aliphatic carbocycles. The molecule has 0 amide bonds. The van der Waals surface area contributed by atoms with Crippen LogP contribution in [-0.2, 0) is 10.0 Å². The minimum absolute atomic E-state index is 0.119. The first-order valence-electron chi connectivity index (χ1n) is 4.20. The van der Waals surface area contributed by atoms with E-state index in [4.69, 9.17) is 0 Å². The van der Waals surface area contributed by atoms with Gasteiger partial charge in [0.1, 0.15) is 0 Å². The molecule has 1 aliphatic rings. The van der Waals surface area contributed by atoms with E-state index in [1.807, 2.05) is 13.8 Å². The zero-order chi connectivity index (χ0) is 9.19. The Morgan fingerprint density at radius 1 is 1.50 bits per heavy atom. The minimum atomic E-state index is -3.03. The maximum Gasteiger partial charge on any atom is 0.212 e. The zero-order valence-corrected chi connectivity index (χ0v) is 8.32. The fourth-order valence-electron chi connectivity index (χ4n) is 1.11. The Bertz CT molecular complexity index is 232. The molecule has 0 unspecified atom stereocenters. The molecule has 0 bridgehead atoms. The van der Waals surface area contributed by atoms with Gasteiger partial charge in [-0.15, -0.1) is 0 Å². The van der Waals surface area contributed by atoms with Gasteiger partial charge in [-0.25, -0.2) is 13.1 Å². The van der Waals surface area contributed by atoms with Crippen LogP contribution >= 0.6 is 0 Å². The van der Waals surface area contributed by atoms with Crippen LogP contribution in [-0.4, -0.2) is 33.3 Å². The van der Waals surface area contributed by atoms with Crippen LogP contribution in [0.4, 0.5) is 0 Å². The molecule has 0 aromatic rings. The predicted octanol–water partition coefficient (Wildman–Crippen LogP) is -0.466. The number of rotatable bonds is 4. The van der Waals surface area contributed by atoms with Gasteiger partial charge in [-0.1, -0.05) is 13.8 Å². The normalized spacial score (nSPS) is 19.6. The van der Waals surface area contributed by atoms with Crippen LogP contribution in [0.25, 0.3) is 0 Å². The zero-order valence-electron chi connectivity index (χ0n) is 7.50. The Balaban J connectivity index is 2.37. The van der Waals surface area contributed by atoms with Gasteiger partial charge in [-0.2, -0.15) is 0 Å². The lowest BCUT2D eigenvalue weighted by molar-refractivity contribution is 0.409. The maximum absolute atomic E-state index is 11.3. The molecule has 0 aromatic heterocycles. The monoisotopic (exact) mass is 192 g/mol. The third kappa shape index (κ3) is 3.08. The van der Waals surface area contributed by atoms with E-state index in [0.717, 1.165) is 13.1 Å². The van der Waals surface area contributed by atoms with Crippen LogP contribution in [0.1, 0.15) is 13.8 Å². The molecule has 0 atom stereocenters. The molecule has 0 radical (unpaired) electrons. The lowest BCUT2D eigenvalue weighted by Crippen LogP contribution is -2.57. The molecule has 5 heteroatoms. The molecular weight excluding hydrogens is 176 g/mol. The summed E-state index contributed by atoms with van der Waals surface area (Å²) in [6, 6.07) is 0.119. The van der Waals surface area contributed by atoms with Gasteiger partial charge in [-0.05, 0) is 5.92 Å². The average molecular weight is 192 g/mol. The number of hydrogen-bond acceptors (Lipinski definition) is 3. The van der Waals surface area contributed by atoms with Gasteiger partial charge in [0, 0.05) is 19.1 Å². The van der Waals surface area contributed by atoms with Crippen molar-refractivity contribution in [2.75, 3.05) is 18.8 Å². The average Bonchev–Trinajstić information content (AvgIpc) is 1.76. The Labute approximate surface area is 73.8 Å². The molecule has 0 aromatic carbocycles. The highest BCUT2D eigenvalue weighted by Crippen LogP contribution is 2.00. The SMILES string of the molecule is CC(C)CS(=O)(=O)NC1CNC1. The van der Waals surface area contributed by atoms with Crippen molar-refractivity contribution in [2.45, 2.75) is 19.9 Å². The maximum atomic E-state index is 11.3. The summed E-state index contributed by atoms with van der Waals surface area (Å²) in [6.45, 7) is 5.32. The van der Waals surface area contributed by atoms with Crippen molar-refractivity contribution in [1.82, 2.24) is 10.0 Å². The van der Waals surface area contributed by atoms with Gasteiger partial charge in [0.05, 0.1) is 5.75 Å². The van der Waals surface area contributed by atoms with Crippen LogP contribution in [0, 0.1) is 5.92 Å². The summed E-state index contributed by atoms with van der Waals surface area (Å²) in [5.41, 5.74) is 0. The van der Waals surface area contributed by atoms with Gasteiger partial charge in [-0.3, -0.25) is 0 Å². The summed E-state index contributed by atoms with van der Waals surface area (Å²) in [5, 5.41) is 3.01. The topological polar surface area (TPSA) is 58.2 Å². The molecule has 12 heavy (non-hydrogen) atoms. The smallest absolute Gasteiger partial charge is 0.212 e. The van der Waals surface area contributed by atoms with Gasteiger partial charge in [0.2, 0.25) is 10.0 Å². The Hall–Kier alpha value is -0.130. The molecule has 0 saturated carbocycles. The van der Waals surface area contributed by atoms with E-state index in [-0.39, 0.29) is 17.7 Å². The molecular formula is C7H16N2O2S. The van der Waals surface area contributed by atoms with E-state index in [1.54, 1.807) is 0 Å². The molecule has 1 rings (SSSR count). The first-order chi connectivity index (χ1) is 5.49. The lowest BCUT2D eigenvalue weighted by atomic mass is 10.2. The summed E-state index contributed by atoms with van der Waals surface area (Å²) in [6.07, 6.45) is 0. The highest BCUT2D eigenvalue weighted by atomic mass is 32.2. The molecule has 2 N–H and O–H groups in total. The molecule has 0 spiro atoms. The van der Waals surface area contributed by atoms with Crippen molar-refractivity contribution in [1.29, 1.82) is 0 Å². The van der Waals surface area contributed by atoms with E-state index in [0.29, 0.717) is 0 Å². The van der Waals surface area contributed by atoms with E-state index in [9.17, 15) is 8.42 Å².